The molecule has 0 aromatic carbocycles. The Morgan fingerprint density at radius 1 is 1.73 bits per heavy atom. The Kier molecular flexibility index (Phi) is 2.38. The van der Waals surface area contributed by atoms with E-state index in [0.29, 0.717) is 5.75 Å². The van der Waals surface area contributed by atoms with Crippen molar-refractivity contribution in [2.24, 2.45) is 7.05 Å². The molecule has 0 unspecified atom stereocenters. The topological polar surface area (TPSA) is 64.3 Å². The molecule has 0 radical (unpaired) electrons. The second-order valence-corrected chi connectivity index (χ2v) is 4.06. The van der Waals surface area contributed by atoms with Gasteiger partial charge in [0.25, 0.3) is 0 Å². The van der Waals surface area contributed by atoms with E-state index in [0.717, 1.165) is 19.3 Å². The number of hydrogen-bond acceptors (Lipinski definition) is 3. The second-order valence-electron chi connectivity index (χ2n) is 4.06. The van der Waals surface area contributed by atoms with Gasteiger partial charge >= 0.3 is 5.97 Å². The molecule has 5 nitrogen and oxygen atoms in total. The van der Waals surface area contributed by atoms with Gasteiger partial charge in [0.15, 0.2) is 5.75 Å². The SMILES string of the molecule is Cn1cc(OC2(CC(=O)O)CCC2)cn1. The van der Waals surface area contributed by atoms with Crippen molar-refractivity contribution in [3.8, 4) is 5.75 Å². The first-order chi connectivity index (χ1) is 7.10. The van der Waals surface area contributed by atoms with Crippen LogP contribution in [0.1, 0.15) is 25.7 Å². The van der Waals surface area contributed by atoms with E-state index in [1.807, 2.05) is 0 Å². The fraction of sp³-hybridized carbons (Fsp3) is 0.600. The first-order valence-electron chi connectivity index (χ1n) is 4.99. The molecule has 0 bridgehead atoms. The summed E-state index contributed by atoms with van der Waals surface area (Å²) in [5.74, 6) is -0.156. The number of aliphatic carboxylic acids is 1. The van der Waals surface area contributed by atoms with E-state index in [1.165, 1.54) is 0 Å². The average molecular weight is 210 g/mol. The van der Waals surface area contributed by atoms with Crippen LogP contribution in [-0.4, -0.2) is 26.5 Å². The van der Waals surface area contributed by atoms with Crippen LogP contribution in [0.5, 0.6) is 5.75 Å². The standard InChI is InChI=1S/C10H14N2O3/c1-12-7-8(6-11-12)15-10(3-2-4-10)5-9(13)14/h6-7H,2-5H2,1H3,(H,13,14). The lowest BCUT2D eigenvalue weighted by Crippen LogP contribution is -2.44. The van der Waals surface area contributed by atoms with Crippen LogP contribution in [-0.2, 0) is 11.8 Å². The number of carboxylic acids is 1. The fourth-order valence-electron chi connectivity index (χ4n) is 1.86. The Morgan fingerprint density at radius 3 is 2.87 bits per heavy atom. The van der Waals surface area contributed by atoms with Crippen LogP contribution < -0.4 is 4.74 Å². The molecule has 1 aliphatic rings. The summed E-state index contributed by atoms with van der Waals surface area (Å²) in [6.07, 6.45) is 6.10. The maximum atomic E-state index is 10.7. The molecule has 2 rings (SSSR count). The van der Waals surface area contributed by atoms with Gasteiger partial charge in [-0.15, -0.1) is 0 Å². The first-order valence-corrected chi connectivity index (χ1v) is 4.99. The predicted molar refractivity (Wildman–Crippen MR) is 52.7 cm³/mol. The third-order valence-electron chi connectivity index (χ3n) is 2.75. The van der Waals surface area contributed by atoms with Crippen LogP contribution in [0.2, 0.25) is 0 Å². The summed E-state index contributed by atoms with van der Waals surface area (Å²) in [4.78, 5) is 10.7. The van der Waals surface area contributed by atoms with Gasteiger partial charge in [0, 0.05) is 7.05 Å². The molecule has 1 fully saturated rings. The van der Waals surface area contributed by atoms with Gasteiger partial charge in [-0.25, -0.2) is 0 Å². The van der Waals surface area contributed by atoms with Crippen LogP contribution in [0.3, 0.4) is 0 Å². The highest BCUT2D eigenvalue weighted by molar-refractivity contribution is 5.68. The van der Waals surface area contributed by atoms with Crippen molar-refractivity contribution in [1.29, 1.82) is 0 Å². The van der Waals surface area contributed by atoms with E-state index < -0.39 is 11.6 Å². The number of aryl methyl sites for hydroxylation is 1. The molecule has 5 heteroatoms. The van der Waals surface area contributed by atoms with Gasteiger partial charge < -0.3 is 9.84 Å². The van der Waals surface area contributed by atoms with Crippen LogP contribution >= 0.6 is 0 Å². The number of aromatic nitrogens is 2. The van der Waals surface area contributed by atoms with Gasteiger partial charge in [-0.1, -0.05) is 0 Å². The van der Waals surface area contributed by atoms with Crippen molar-refractivity contribution in [3.63, 3.8) is 0 Å². The highest BCUT2D eigenvalue weighted by Gasteiger charge is 2.41. The van der Waals surface area contributed by atoms with Gasteiger partial charge in [-0.3, -0.25) is 9.48 Å². The van der Waals surface area contributed by atoms with E-state index in [4.69, 9.17) is 9.84 Å². The number of rotatable bonds is 4. The van der Waals surface area contributed by atoms with Crippen molar-refractivity contribution >= 4 is 5.97 Å². The molecule has 0 amide bonds. The van der Waals surface area contributed by atoms with Gasteiger partial charge in [-0.05, 0) is 19.3 Å². The Labute approximate surface area is 87.7 Å². The molecule has 0 spiro atoms. The molecular weight excluding hydrogens is 196 g/mol. The molecule has 0 aliphatic heterocycles. The van der Waals surface area contributed by atoms with E-state index in [9.17, 15) is 4.79 Å². The predicted octanol–water partition coefficient (Wildman–Crippen LogP) is 1.20. The summed E-state index contributed by atoms with van der Waals surface area (Å²) in [5.41, 5.74) is -0.491. The Hall–Kier alpha value is -1.52. The summed E-state index contributed by atoms with van der Waals surface area (Å²) in [6, 6.07) is 0. The zero-order valence-corrected chi connectivity index (χ0v) is 8.64. The molecule has 0 saturated heterocycles. The average Bonchev–Trinajstić information content (AvgIpc) is 2.46. The monoisotopic (exact) mass is 210 g/mol. The summed E-state index contributed by atoms with van der Waals surface area (Å²) >= 11 is 0. The molecular formula is C10H14N2O3. The fourth-order valence-corrected chi connectivity index (χ4v) is 1.86. The van der Waals surface area contributed by atoms with Crippen molar-refractivity contribution in [1.82, 2.24) is 9.78 Å². The summed E-state index contributed by atoms with van der Waals surface area (Å²) < 4.78 is 7.35. The van der Waals surface area contributed by atoms with Crippen molar-refractivity contribution in [2.75, 3.05) is 0 Å². The van der Waals surface area contributed by atoms with Gasteiger partial charge in [0.2, 0.25) is 0 Å². The van der Waals surface area contributed by atoms with E-state index in [1.54, 1.807) is 24.1 Å². The van der Waals surface area contributed by atoms with E-state index >= 15 is 0 Å². The third kappa shape index (κ3) is 2.11. The molecule has 1 aromatic heterocycles. The summed E-state index contributed by atoms with van der Waals surface area (Å²) in [7, 11) is 1.80. The van der Waals surface area contributed by atoms with Gasteiger partial charge in [-0.2, -0.15) is 5.10 Å². The Morgan fingerprint density at radius 2 is 2.47 bits per heavy atom. The highest BCUT2D eigenvalue weighted by Crippen LogP contribution is 2.39. The lowest BCUT2D eigenvalue weighted by molar-refractivity contribution is -0.144. The van der Waals surface area contributed by atoms with Crippen LogP contribution in [0.4, 0.5) is 0 Å². The Balaban J connectivity index is 2.04. The zero-order chi connectivity index (χ0) is 10.9. The molecule has 1 N–H and O–H groups in total. The van der Waals surface area contributed by atoms with Crippen LogP contribution in [0, 0.1) is 0 Å². The lowest BCUT2D eigenvalue weighted by atomic mass is 9.77. The summed E-state index contributed by atoms with van der Waals surface area (Å²) in [6.45, 7) is 0. The highest BCUT2D eigenvalue weighted by atomic mass is 16.5. The maximum absolute atomic E-state index is 10.7. The molecule has 82 valence electrons. The number of carbonyl (C=O) groups is 1. The molecule has 1 aromatic rings. The molecule has 1 saturated carbocycles. The summed E-state index contributed by atoms with van der Waals surface area (Å²) in [5, 5.41) is 12.8. The van der Waals surface area contributed by atoms with Crippen molar-refractivity contribution < 1.29 is 14.6 Å². The second kappa shape index (κ2) is 3.56. The first kappa shape index (κ1) is 10.0. The minimum Gasteiger partial charge on any atom is -0.483 e. The van der Waals surface area contributed by atoms with Crippen LogP contribution in [0.25, 0.3) is 0 Å². The Bertz CT molecular complexity index is 368. The molecule has 1 heterocycles. The number of nitrogens with zero attached hydrogens (tertiary/aromatic N) is 2. The maximum Gasteiger partial charge on any atom is 0.307 e. The number of carboxylic acid groups (broad SMARTS) is 1. The van der Waals surface area contributed by atoms with Crippen molar-refractivity contribution in [3.05, 3.63) is 12.4 Å². The van der Waals surface area contributed by atoms with Crippen molar-refractivity contribution in [2.45, 2.75) is 31.3 Å². The molecule has 15 heavy (non-hydrogen) atoms. The minimum absolute atomic E-state index is 0.0713. The van der Waals surface area contributed by atoms with E-state index in [2.05, 4.69) is 5.10 Å². The lowest BCUT2D eigenvalue weighted by Gasteiger charge is -2.40. The van der Waals surface area contributed by atoms with E-state index in [-0.39, 0.29) is 6.42 Å². The molecule has 0 atom stereocenters. The smallest absolute Gasteiger partial charge is 0.307 e. The van der Waals surface area contributed by atoms with Gasteiger partial charge in [0.05, 0.1) is 18.8 Å². The number of hydrogen-bond donors (Lipinski definition) is 1. The number of ether oxygens (including phenoxy) is 1. The zero-order valence-electron chi connectivity index (χ0n) is 8.64. The quantitative estimate of drug-likeness (QED) is 0.810. The third-order valence-corrected chi connectivity index (χ3v) is 2.75. The minimum atomic E-state index is -0.807. The van der Waals surface area contributed by atoms with Gasteiger partial charge in [0.1, 0.15) is 5.60 Å². The van der Waals surface area contributed by atoms with Crippen LogP contribution in [0.15, 0.2) is 12.4 Å². The largest absolute Gasteiger partial charge is 0.483 e. The normalized spacial score (nSPS) is 18.2. The molecule has 1 aliphatic carbocycles.